The van der Waals surface area contributed by atoms with Gasteiger partial charge in [0, 0.05) is 37.8 Å². The first-order valence-electron chi connectivity index (χ1n) is 9.62. The van der Waals surface area contributed by atoms with Crippen LogP contribution in [0, 0.1) is 0 Å². The number of fused-ring (bicyclic) bond motifs is 2. The number of nitrogens with zero attached hydrogens (tertiary/aromatic N) is 3. The lowest BCUT2D eigenvalue weighted by Crippen LogP contribution is -2.32. The molecule has 138 valence electrons. The predicted molar refractivity (Wildman–Crippen MR) is 102 cm³/mol. The molecule has 0 N–H and O–H groups in total. The fourth-order valence-corrected chi connectivity index (χ4v) is 4.01. The zero-order valence-electron chi connectivity index (χ0n) is 15.5. The summed E-state index contributed by atoms with van der Waals surface area (Å²) < 4.78 is 11.8. The second kappa shape index (κ2) is 6.82. The Hall–Kier alpha value is -2.66. The Bertz CT molecular complexity index is 951. The lowest BCUT2D eigenvalue weighted by Gasteiger charge is -2.31. The summed E-state index contributed by atoms with van der Waals surface area (Å²) in [7, 11) is 0. The van der Waals surface area contributed by atoms with Crippen LogP contribution in [-0.2, 0) is 25.8 Å². The Morgan fingerprint density at radius 1 is 1.22 bits per heavy atom. The third-order valence-corrected chi connectivity index (χ3v) is 5.63. The molecule has 0 saturated carbocycles. The molecule has 1 unspecified atom stereocenters. The largest absolute Gasteiger partial charge is 0.493 e. The Kier molecular flexibility index (Phi) is 4.17. The minimum atomic E-state index is 0.319. The average molecular weight is 361 g/mol. The highest BCUT2D eigenvalue weighted by Crippen LogP contribution is 2.33. The Balaban J connectivity index is 1.32. The number of ether oxygens (including phenoxy) is 1. The summed E-state index contributed by atoms with van der Waals surface area (Å²) in [5, 5.41) is 0. The SMILES string of the molecule is CC(c1ccc2c(c1)OCC2)N1CCc2nc(Cc3cccnc3)oc2C1. The van der Waals surface area contributed by atoms with E-state index in [1.54, 1.807) is 6.20 Å². The quantitative estimate of drug-likeness (QED) is 0.709. The molecule has 3 aromatic rings. The summed E-state index contributed by atoms with van der Waals surface area (Å²) in [4.78, 5) is 11.3. The van der Waals surface area contributed by atoms with Crippen LogP contribution in [0.3, 0.4) is 0 Å². The maximum absolute atomic E-state index is 6.10. The lowest BCUT2D eigenvalue weighted by atomic mass is 10.0. The molecule has 5 rings (SSSR count). The molecule has 5 heteroatoms. The second-order valence-corrected chi connectivity index (χ2v) is 7.38. The molecule has 27 heavy (non-hydrogen) atoms. The number of hydrogen-bond acceptors (Lipinski definition) is 5. The summed E-state index contributed by atoms with van der Waals surface area (Å²) in [5.41, 5.74) is 4.85. The molecule has 0 amide bonds. The first-order valence-corrected chi connectivity index (χ1v) is 9.62. The third kappa shape index (κ3) is 3.23. The summed E-state index contributed by atoms with van der Waals surface area (Å²) >= 11 is 0. The van der Waals surface area contributed by atoms with E-state index in [-0.39, 0.29) is 0 Å². The van der Waals surface area contributed by atoms with Crippen LogP contribution in [0.2, 0.25) is 0 Å². The van der Waals surface area contributed by atoms with Crippen LogP contribution in [0.25, 0.3) is 0 Å². The number of rotatable bonds is 4. The molecule has 0 radical (unpaired) electrons. The van der Waals surface area contributed by atoms with E-state index >= 15 is 0 Å². The fraction of sp³-hybridized carbons (Fsp3) is 0.364. The van der Waals surface area contributed by atoms with E-state index in [0.717, 1.165) is 61.2 Å². The Labute approximate surface area is 159 Å². The van der Waals surface area contributed by atoms with Crippen molar-refractivity contribution in [2.75, 3.05) is 13.2 Å². The summed E-state index contributed by atoms with van der Waals surface area (Å²) in [6.45, 7) is 4.85. The average Bonchev–Trinajstić information content (AvgIpc) is 3.33. The van der Waals surface area contributed by atoms with Crippen LogP contribution in [0.15, 0.2) is 47.1 Å². The molecular weight excluding hydrogens is 338 g/mol. The molecule has 0 fully saturated rings. The van der Waals surface area contributed by atoms with Crippen molar-refractivity contribution in [3.05, 3.63) is 76.8 Å². The first-order chi connectivity index (χ1) is 13.3. The third-order valence-electron chi connectivity index (χ3n) is 5.63. The molecule has 0 bridgehead atoms. The topological polar surface area (TPSA) is 51.4 Å². The maximum atomic E-state index is 6.10. The smallest absolute Gasteiger partial charge is 0.199 e. The molecule has 0 aliphatic carbocycles. The number of hydrogen-bond donors (Lipinski definition) is 0. The van der Waals surface area contributed by atoms with E-state index in [1.807, 2.05) is 12.3 Å². The van der Waals surface area contributed by atoms with E-state index in [2.05, 4.69) is 41.1 Å². The molecule has 2 aliphatic heterocycles. The van der Waals surface area contributed by atoms with E-state index in [4.69, 9.17) is 14.1 Å². The van der Waals surface area contributed by atoms with Gasteiger partial charge in [-0.15, -0.1) is 0 Å². The van der Waals surface area contributed by atoms with Crippen molar-refractivity contribution in [1.82, 2.24) is 14.9 Å². The van der Waals surface area contributed by atoms with Crippen molar-refractivity contribution in [3.8, 4) is 5.75 Å². The number of pyridine rings is 1. The fourth-order valence-electron chi connectivity index (χ4n) is 4.01. The van der Waals surface area contributed by atoms with Crippen LogP contribution >= 0.6 is 0 Å². The minimum Gasteiger partial charge on any atom is -0.493 e. The molecule has 4 heterocycles. The van der Waals surface area contributed by atoms with Gasteiger partial charge in [-0.25, -0.2) is 4.98 Å². The van der Waals surface area contributed by atoms with Crippen molar-refractivity contribution < 1.29 is 9.15 Å². The van der Waals surface area contributed by atoms with Gasteiger partial charge in [0.2, 0.25) is 0 Å². The Morgan fingerprint density at radius 3 is 3.07 bits per heavy atom. The highest BCUT2D eigenvalue weighted by Gasteiger charge is 2.27. The van der Waals surface area contributed by atoms with Crippen molar-refractivity contribution in [3.63, 3.8) is 0 Å². The standard InChI is InChI=1S/C22H23N3O2/c1-15(18-5-4-17-7-10-26-20(17)12-18)25-9-6-19-21(14-25)27-22(24-19)11-16-3-2-8-23-13-16/h2-5,8,12-13,15H,6-7,9-11,14H2,1H3. The van der Waals surface area contributed by atoms with Crippen LogP contribution in [-0.4, -0.2) is 28.0 Å². The van der Waals surface area contributed by atoms with E-state index < -0.39 is 0 Å². The van der Waals surface area contributed by atoms with Crippen LogP contribution in [0.5, 0.6) is 5.75 Å². The van der Waals surface area contributed by atoms with Crippen LogP contribution in [0.4, 0.5) is 0 Å². The molecule has 2 aliphatic rings. The summed E-state index contributed by atoms with van der Waals surface area (Å²) in [6, 6.07) is 11.0. The predicted octanol–water partition coefficient (Wildman–Crippen LogP) is 3.71. The van der Waals surface area contributed by atoms with Gasteiger partial charge in [0.25, 0.3) is 0 Å². The van der Waals surface area contributed by atoms with Gasteiger partial charge >= 0.3 is 0 Å². The number of aromatic nitrogens is 2. The molecule has 0 spiro atoms. The van der Waals surface area contributed by atoms with E-state index in [0.29, 0.717) is 12.5 Å². The van der Waals surface area contributed by atoms with Crippen LogP contribution in [0.1, 0.15) is 47.0 Å². The first kappa shape index (κ1) is 16.5. The summed E-state index contributed by atoms with van der Waals surface area (Å²) in [5.74, 6) is 2.84. The van der Waals surface area contributed by atoms with E-state index in [9.17, 15) is 0 Å². The maximum Gasteiger partial charge on any atom is 0.199 e. The molecule has 2 aromatic heterocycles. The van der Waals surface area contributed by atoms with Crippen LogP contribution < -0.4 is 4.74 Å². The van der Waals surface area contributed by atoms with Gasteiger partial charge in [-0.05, 0) is 35.7 Å². The normalized spacial score (nSPS) is 17.2. The van der Waals surface area contributed by atoms with Gasteiger partial charge in [0.05, 0.1) is 25.3 Å². The highest BCUT2D eigenvalue weighted by molar-refractivity contribution is 5.41. The molecule has 1 aromatic carbocycles. The van der Waals surface area contributed by atoms with Crippen molar-refractivity contribution in [2.24, 2.45) is 0 Å². The number of oxazole rings is 1. The van der Waals surface area contributed by atoms with Gasteiger partial charge in [0.1, 0.15) is 11.5 Å². The van der Waals surface area contributed by atoms with Crippen molar-refractivity contribution in [2.45, 2.75) is 38.8 Å². The van der Waals surface area contributed by atoms with Gasteiger partial charge in [-0.3, -0.25) is 9.88 Å². The zero-order chi connectivity index (χ0) is 18.2. The van der Waals surface area contributed by atoms with Gasteiger partial charge < -0.3 is 9.15 Å². The minimum absolute atomic E-state index is 0.319. The van der Waals surface area contributed by atoms with Gasteiger partial charge in [0.15, 0.2) is 5.89 Å². The number of benzene rings is 1. The second-order valence-electron chi connectivity index (χ2n) is 7.38. The lowest BCUT2D eigenvalue weighted by molar-refractivity contribution is 0.173. The molecule has 1 atom stereocenters. The van der Waals surface area contributed by atoms with E-state index in [1.165, 1.54) is 11.1 Å². The monoisotopic (exact) mass is 361 g/mol. The van der Waals surface area contributed by atoms with Crippen molar-refractivity contribution >= 4 is 0 Å². The van der Waals surface area contributed by atoms with Gasteiger partial charge in [-0.2, -0.15) is 0 Å². The highest BCUT2D eigenvalue weighted by atomic mass is 16.5. The molecule has 5 nitrogen and oxygen atoms in total. The summed E-state index contributed by atoms with van der Waals surface area (Å²) in [6.07, 6.45) is 6.30. The molecular formula is C22H23N3O2. The van der Waals surface area contributed by atoms with Crippen molar-refractivity contribution in [1.29, 1.82) is 0 Å². The molecule has 0 saturated heterocycles. The Morgan fingerprint density at radius 2 is 2.19 bits per heavy atom. The zero-order valence-corrected chi connectivity index (χ0v) is 15.5. The van der Waals surface area contributed by atoms with Gasteiger partial charge in [-0.1, -0.05) is 18.2 Å².